The molecule has 116 valence electrons. The summed E-state index contributed by atoms with van der Waals surface area (Å²) in [7, 11) is 0. The molecule has 1 aromatic carbocycles. The number of ketones is 1. The number of Topliss-reactive ketones (excluding diaryl/α,β-unsaturated/α-hetero) is 1. The zero-order valence-corrected chi connectivity index (χ0v) is 14.0. The number of hydrogen-bond donors (Lipinski definition) is 0. The van der Waals surface area contributed by atoms with E-state index in [9.17, 15) is 9.59 Å². The summed E-state index contributed by atoms with van der Waals surface area (Å²) in [6, 6.07) is 7.38. The molecule has 0 fully saturated rings. The highest BCUT2D eigenvalue weighted by Gasteiger charge is 2.16. The van der Waals surface area contributed by atoms with Crippen molar-refractivity contribution < 1.29 is 14.3 Å². The van der Waals surface area contributed by atoms with Crippen LogP contribution < -0.4 is 0 Å². The van der Waals surface area contributed by atoms with Crippen molar-refractivity contribution in [1.82, 2.24) is 0 Å². The third kappa shape index (κ3) is 6.34. The van der Waals surface area contributed by atoms with Crippen molar-refractivity contribution in [3.8, 4) is 0 Å². The maximum Gasteiger partial charge on any atom is 0.319 e. The number of benzene rings is 1. The second-order valence-corrected chi connectivity index (χ2v) is 6.83. The van der Waals surface area contributed by atoms with Gasteiger partial charge in [-0.25, -0.2) is 0 Å². The molecule has 1 atom stereocenters. The van der Waals surface area contributed by atoms with Gasteiger partial charge in [0, 0.05) is 16.9 Å². The predicted octanol–water partition coefficient (Wildman–Crippen LogP) is 4.35. The van der Waals surface area contributed by atoms with Crippen LogP contribution in [0, 0.1) is 5.92 Å². The van der Waals surface area contributed by atoms with E-state index in [1.807, 2.05) is 38.1 Å². The van der Waals surface area contributed by atoms with Gasteiger partial charge >= 0.3 is 5.97 Å². The first-order chi connectivity index (χ1) is 9.93. The number of thioether (sulfide) groups is 1. The van der Waals surface area contributed by atoms with Gasteiger partial charge < -0.3 is 4.74 Å². The van der Waals surface area contributed by atoms with Crippen LogP contribution in [-0.4, -0.2) is 23.6 Å². The second kappa shape index (κ2) is 8.88. The number of ether oxygens (including phenoxy) is 1. The smallest absolute Gasteiger partial charge is 0.319 e. The summed E-state index contributed by atoms with van der Waals surface area (Å²) >= 11 is 1.45. The van der Waals surface area contributed by atoms with Crippen molar-refractivity contribution >= 4 is 23.5 Å². The minimum atomic E-state index is -0.245. The molecule has 0 aliphatic heterocycles. The molecule has 21 heavy (non-hydrogen) atoms. The molecule has 1 aromatic rings. The molecule has 4 heteroatoms. The molecule has 1 rings (SSSR count). The summed E-state index contributed by atoms with van der Waals surface area (Å²) in [5.74, 6) is 0.478. The van der Waals surface area contributed by atoms with E-state index in [1.165, 1.54) is 11.8 Å². The number of rotatable bonds is 8. The van der Waals surface area contributed by atoms with Gasteiger partial charge in [0.1, 0.15) is 5.25 Å². The van der Waals surface area contributed by atoms with Crippen molar-refractivity contribution in [2.24, 2.45) is 5.92 Å². The van der Waals surface area contributed by atoms with Gasteiger partial charge in [0.2, 0.25) is 0 Å². The standard InChI is InChI=1S/C17H24O3S/c1-5-16(18)14-6-8-15(9-7-14)21-13(4)17(19)20-11-10-12(2)3/h6-9,12-13H,5,10-11H2,1-4H3. The highest BCUT2D eigenvalue weighted by molar-refractivity contribution is 8.00. The van der Waals surface area contributed by atoms with E-state index < -0.39 is 0 Å². The monoisotopic (exact) mass is 308 g/mol. The molecule has 0 aliphatic carbocycles. The van der Waals surface area contributed by atoms with E-state index in [4.69, 9.17) is 4.74 Å². The Morgan fingerprint density at radius 1 is 1.14 bits per heavy atom. The van der Waals surface area contributed by atoms with Gasteiger partial charge in [-0.2, -0.15) is 0 Å². The van der Waals surface area contributed by atoms with Crippen LogP contribution in [0.25, 0.3) is 0 Å². The molecule has 0 amide bonds. The fourth-order valence-electron chi connectivity index (χ4n) is 1.69. The van der Waals surface area contributed by atoms with Crippen LogP contribution in [0.5, 0.6) is 0 Å². The molecule has 0 radical (unpaired) electrons. The van der Waals surface area contributed by atoms with Crippen LogP contribution in [0.4, 0.5) is 0 Å². The van der Waals surface area contributed by atoms with Crippen LogP contribution in [0.2, 0.25) is 0 Å². The van der Waals surface area contributed by atoms with E-state index in [1.54, 1.807) is 0 Å². The molecule has 1 unspecified atom stereocenters. The molecule has 0 saturated heterocycles. The average molecular weight is 308 g/mol. The van der Waals surface area contributed by atoms with Crippen LogP contribution in [0.3, 0.4) is 0 Å². The normalized spacial score (nSPS) is 12.2. The lowest BCUT2D eigenvalue weighted by molar-refractivity contribution is -0.142. The Hall–Kier alpha value is -1.29. The zero-order chi connectivity index (χ0) is 15.8. The van der Waals surface area contributed by atoms with E-state index in [0.29, 0.717) is 24.5 Å². The quantitative estimate of drug-likeness (QED) is 0.407. The molecule has 0 bridgehead atoms. The minimum absolute atomic E-state index is 0.132. The van der Waals surface area contributed by atoms with E-state index in [0.717, 1.165) is 11.3 Å². The first-order valence-electron chi connectivity index (χ1n) is 7.40. The molecule has 0 N–H and O–H groups in total. The zero-order valence-electron chi connectivity index (χ0n) is 13.2. The van der Waals surface area contributed by atoms with Gasteiger partial charge in [-0.05, 0) is 31.4 Å². The Labute approximate surface area is 131 Å². The fraction of sp³-hybridized carbons (Fsp3) is 0.529. The lowest BCUT2D eigenvalue weighted by Crippen LogP contribution is -2.18. The Morgan fingerprint density at radius 2 is 1.76 bits per heavy atom. The molecule has 0 saturated carbocycles. The average Bonchev–Trinajstić information content (AvgIpc) is 2.46. The van der Waals surface area contributed by atoms with E-state index in [-0.39, 0.29) is 17.0 Å². The van der Waals surface area contributed by atoms with Crippen LogP contribution in [0.1, 0.15) is 50.9 Å². The van der Waals surface area contributed by atoms with Crippen molar-refractivity contribution in [3.63, 3.8) is 0 Å². The van der Waals surface area contributed by atoms with Gasteiger partial charge in [0.25, 0.3) is 0 Å². The van der Waals surface area contributed by atoms with Gasteiger partial charge in [0.05, 0.1) is 6.61 Å². The Kier molecular flexibility index (Phi) is 7.51. The van der Waals surface area contributed by atoms with E-state index >= 15 is 0 Å². The van der Waals surface area contributed by atoms with Crippen molar-refractivity contribution in [3.05, 3.63) is 29.8 Å². The SMILES string of the molecule is CCC(=O)c1ccc(SC(C)C(=O)OCCC(C)C)cc1. The summed E-state index contributed by atoms with van der Waals surface area (Å²) in [5, 5.41) is -0.245. The maximum absolute atomic E-state index is 11.9. The summed E-state index contributed by atoms with van der Waals surface area (Å²) in [4.78, 5) is 24.4. The number of carbonyl (C=O) groups is 2. The van der Waals surface area contributed by atoms with Crippen molar-refractivity contribution in [2.75, 3.05) is 6.61 Å². The summed E-state index contributed by atoms with van der Waals surface area (Å²) in [6.45, 7) is 8.37. The Balaban J connectivity index is 2.48. The lowest BCUT2D eigenvalue weighted by Gasteiger charge is -2.12. The summed E-state index contributed by atoms with van der Waals surface area (Å²) < 4.78 is 5.25. The molecule has 0 aliphatic rings. The van der Waals surface area contributed by atoms with Crippen LogP contribution in [-0.2, 0) is 9.53 Å². The minimum Gasteiger partial charge on any atom is -0.465 e. The highest BCUT2D eigenvalue weighted by Crippen LogP contribution is 2.24. The first-order valence-corrected chi connectivity index (χ1v) is 8.28. The first kappa shape index (κ1) is 17.8. The third-order valence-electron chi connectivity index (χ3n) is 3.08. The number of carbonyl (C=O) groups excluding carboxylic acids is 2. The van der Waals surface area contributed by atoms with Crippen LogP contribution >= 0.6 is 11.8 Å². The van der Waals surface area contributed by atoms with Gasteiger partial charge in [0.15, 0.2) is 5.78 Å². The Bertz CT molecular complexity index is 465. The third-order valence-corrected chi connectivity index (χ3v) is 4.17. The topological polar surface area (TPSA) is 43.4 Å². The number of hydrogen-bond acceptors (Lipinski definition) is 4. The van der Waals surface area contributed by atoms with Gasteiger partial charge in [-0.15, -0.1) is 11.8 Å². The lowest BCUT2D eigenvalue weighted by atomic mass is 10.1. The largest absolute Gasteiger partial charge is 0.465 e. The molecular weight excluding hydrogens is 284 g/mol. The summed E-state index contributed by atoms with van der Waals surface area (Å²) in [6.07, 6.45) is 1.39. The molecule has 0 heterocycles. The van der Waals surface area contributed by atoms with Gasteiger partial charge in [-0.1, -0.05) is 32.9 Å². The number of esters is 1. The van der Waals surface area contributed by atoms with Crippen molar-refractivity contribution in [1.29, 1.82) is 0 Å². The molecular formula is C17H24O3S. The molecule has 0 aromatic heterocycles. The van der Waals surface area contributed by atoms with Crippen molar-refractivity contribution in [2.45, 2.75) is 50.7 Å². The second-order valence-electron chi connectivity index (χ2n) is 5.41. The van der Waals surface area contributed by atoms with E-state index in [2.05, 4.69) is 13.8 Å². The van der Waals surface area contributed by atoms with Crippen LogP contribution in [0.15, 0.2) is 29.2 Å². The summed E-state index contributed by atoms with van der Waals surface area (Å²) in [5.41, 5.74) is 0.717. The Morgan fingerprint density at radius 3 is 2.29 bits per heavy atom. The molecule has 3 nitrogen and oxygen atoms in total. The predicted molar refractivity (Wildman–Crippen MR) is 86.8 cm³/mol. The van der Waals surface area contributed by atoms with Gasteiger partial charge in [-0.3, -0.25) is 9.59 Å². The molecule has 0 spiro atoms. The highest BCUT2D eigenvalue weighted by atomic mass is 32.2. The fourth-order valence-corrected chi connectivity index (χ4v) is 2.55. The maximum atomic E-state index is 11.9.